The van der Waals surface area contributed by atoms with Gasteiger partial charge in [-0.3, -0.25) is 4.72 Å². The molecule has 0 fully saturated rings. The molecule has 0 atom stereocenters. The molecule has 1 heterocycles. The molecule has 22 heavy (non-hydrogen) atoms. The number of pyridine rings is 1. The van der Waals surface area contributed by atoms with Gasteiger partial charge >= 0.3 is 0 Å². The van der Waals surface area contributed by atoms with Gasteiger partial charge in [-0.25, -0.2) is 13.4 Å². The van der Waals surface area contributed by atoms with E-state index in [4.69, 9.17) is 21.1 Å². The number of nitrogens with zero attached hydrogens (tertiary/aromatic N) is 1. The van der Waals surface area contributed by atoms with Crippen molar-refractivity contribution >= 4 is 27.3 Å². The van der Waals surface area contributed by atoms with Crippen LogP contribution >= 0.6 is 11.6 Å². The third-order valence-electron chi connectivity index (χ3n) is 2.97. The lowest BCUT2D eigenvalue weighted by Gasteiger charge is -2.14. The normalized spacial score (nSPS) is 11.1. The number of nitrogens with one attached hydrogen (secondary N) is 1. The summed E-state index contributed by atoms with van der Waals surface area (Å²) in [6.07, 6.45) is 1.47. The van der Waals surface area contributed by atoms with Crippen LogP contribution in [0.3, 0.4) is 0 Å². The molecule has 0 saturated carbocycles. The second-order valence-corrected chi connectivity index (χ2v) is 6.43. The lowest BCUT2D eigenvalue weighted by atomic mass is 10.2. The number of rotatable bonds is 5. The Hall–Kier alpha value is -1.99. The molecule has 0 aliphatic carbocycles. The standard InChI is InChI=1S/C14H15ClN2O4S/c1-9-7-12(21-3)13(8-11(9)20-2)22(18,19)17-10-5-4-6-16-14(10)15/h4-8,17H,1-3H3. The van der Waals surface area contributed by atoms with Gasteiger partial charge < -0.3 is 9.47 Å². The van der Waals surface area contributed by atoms with E-state index in [-0.39, 0.29) is 21.5 Å². The van der Waals surface area contributed by atoms with E-state index in [0.29, 0.717) is 5.75 Å². The Kier molecular flexibility index (Phi) is 4.77. The number of aromatic nitrogens is 1. The zero-order valence-electron chi connectivity index (χ0n) is 12.3. The van der Waals surface area contributed by atoms with Crippen LogP contribution in [0.15, 0.2) is 35.4 Å². The molecule has 0 unspecified atom stereocenters. The van der Waals surface area contributed by atoms with Crippen molar-refractivity contribution in [3.05, 3.63) is 41.2 Å². The fraction of sp³-hybridized carbons (Fsp3) is 0.214. The van der Waals surface area contributed by atoms with Crippen molar-refractivity contribution in [3.63, 3.8) is 0 Å². The number of anilines is 1. The first-order valence-electron chi connectivity index (χ1n) is 6.25. The van der Waals surface area contributed by atoms with Crippen molar-refractivity contribution < 1.29 is 17.9 Å². The number of hydrogen-bond donors (Lipinski definition) is 1. The summed E-state index contributed by atoms with van der Waals surface area (Å²) >= 11 is 5.88. The quantitative estimate of drug-likeness (QED) is 0.845. The van der Waals surface area contributed by atoms with Gasteiger partial charge in [-0.2, -0.15) is 0 Å². The van der Waals surface area contributed by atoms with Crippen LogP contribution in [0.25, 0.3) is 0 Å². The average molecular weight is 343 g/mol. The molecule has 6 nitrogen and oxygen atoms in total. The van der Waals surface area contributed by atoms with Crippen molar-refractivity contribution in [1.29, 1.82) is 0 Å². The minimum absolute atomic E-state index is 0.0441. The number of ether oxygens (including phenoxy) is 2. The second-order valence-electron chi connectivity index (χ2n) is 4.42. The molecule has 8 heteroatoms. The molecular formula is C14H15ClN2O4S. The predicted octanol–water partition coefficient (Wildman–Crippen LogP) is 2.86. The van der Waals surface area contributed by atoms with Gasteiger partial charge in [0.1, 0.15) is 16.4 Å². The van der Waals surface area contributed by atoms with Crippen molar-refractivity contribution in [2.45, 2.75) is 11.8 Å². The Balaban J connectivity index is 2.51. The Labute approximate surface area is 134 Å². The van der Waals surface area contributed by atoms with Crippen LogP contribution < -0.4 is 14.2 Å². The Morgan fingerprint density at radius 1 is 1.18 bits per heavy atom. The maximum Gasteiger partial charge on any atom is 0.265 e. The van der Waals surface area contributed by atoms with Crippen LogP contribution in [0.2, 0.25) is 5.15 Å². The molecule has 0 amide bonds. The molecule has 2 rings (SSSR count). The highest BCUT2D eigenvalue weighted by Crippen LogP contribution is 2.33. The highest BCUT2D eigenvalue weighted by Gasteiger charge is 2.23. The molecule has 1 aromatic carbocycles. The van der Waals surface area contributed by atoms with E-state index in [9.17, 15) is 8.42 Å². The fourth-order valence-corrected chi connectivity index (χ4v) is 3.35. The van der Waals surface area contributed by atoms with E-state index < -0.39 is 10.0 Å². The SMILES string of the molecule is COc1cc(S(=O)(=O)Nc2cccnc2Cl)c(OC)cc1C. The van der Waals surface area contributed by atoms with Crippen molar-refractivity contribution in [3.8, 4) is 11.5 Å². The van der Waals surface area contributed by atoms with Crippen LogP contribution in [-0.4, -0.2) is 27.6 Å². The molecule has 0 spiro atoms. The number of sulfonamides is 1. The predicted molar refractivity (Wildman–Crippen MR) is 84.3 cm³/mol. The van der Waals surface area contributed by atoms with Gasteiger partial charge in [0, 0.05) is 12.3 Å². The van der Waals surface area contributed by atoms with Gasteiger partial charge in [-0.15, -0.1) is 0 Å². The summed E-state index contributed by atoms with van der Waals surface area (Å²) in [5.74, 6) is 0.657. The van der Waals surface area contributed by atoms with Gasteiger partial charge in [-0.1, -0.05) is 11.6 Å². The Bertz CT molecular complexity index is 793. The van der Waals surface area contributed by atoms with Gasteiger partial charge in [0.2, 0.25) is 0 Å². The third kappa shape index (κ3) is 3.26. The number of hydrogen-bond acceptors (Lipinski definition) is 5. The number of halogens is 1. The van der Waals surface area contributed by atoms with Gasteiger partial charge in [-0.05, 0) is 30.7 Å². The van der Waals surface area contributed by atoms with Crippen LogP contribution in [0.5, 0.6) is 11.5 Å². The Morgan fingerprint density at radius 3 is 2.45 bits per heavy atom. The molecule has 0 aliphatic heterocycles. The topological polar surface area (TPSA) is 77.5 Å². The van der Waals surface area contributed by atoms with Gasteiger partial charge in [0.05, 0.1) is 19.9 Å². The van der Waals surface area contributed by atoms with E-state index in [1.54, 1.807) is 19.1 Å². The van der Waals surface area contributed by atoms with Crippen LogP contribution in [0.4, 0.5) is 5.69 Å². The molecule has 0 aliphatic rings. The third-order valence-corrected chi connectivity index (χ3v) is 4.66. The minimum Gasteiger partial charge on any atom is -0.496 e. The Morgan fingerprint density at radius 2 is 1.86 bits per heavy atom. The zero-order chi connectivity index (χ0) is 16.3. The van der Waals surface area contributed by atoms with Crippen LogP contribution in [0.1, 0.15) is 5.56 Å². The first kappa shape index (κ1) is 16.4. The zero-order valence-corrected chi connectivity index (χ0v) is 13.8. The summed E-state index contributed by atoms with van der Waals surface area (Å²) in [5, 5.41) is 0.0594. The molecular weight excluding hydrogens is 328 g/mol. The maximum absolute atomic E-state index is 12.6. The van der Waals surface area contributed by atoms with E-state index in [2.05, 4.69) is 9.71 Å². The van der Waals surface area contributed by atoms with Crippen LogP contribution in [0, 0.1) is 6.92 Å². The van der Waals surface area contributed by atoms with Gasteiger partial charge in [0.15, 0.2) is 5.15 Å². The average Bonchev–Trinajstić information content (AvgIpc) is 2.48. The molecule has 1 aromatic heterocycles. The molecule has 0 radical (unpaired) electrons. The first-order chi connectivity index (χ1) is 10.4. The maximum atomic E-state index is 12.6. The van der Waals surface area contributed by atoms with Gasteiger partial charge in [0.25, 0.3) is 10.0 Å². The summed E-state index contributed by atoms with van der Waals surface area (Å²) < 4.78 is 37.9. The monoisotopic (exact) mass is 342 g/mol. The van der Waals surface area contributed by atoms with E-state index >= 15 is 0 Å². The largest absolute Gasteiger partial charge is 0.496 e. The summed E-state index contributed by atoms with van der Waals surface area (Å²) in [6.45, 7) is 1.79. The van der Waals surface area contributed by atoms with E-state index in [0.717, 1.165) is 5.56 Å². The van der Waals surface area contributed by atoms with E-state index in [1.165, 1.54) is 32.5 Å². The molecule has 118 valence electrons. The molecule has 1 N–H and O–H groups in total. The summed E-state index contributed by atoms with van der Waals surface area (Å²) in [4.78, 5) is 3.79. The highest BCUT2D eigenvalue weighted by atomic mass is 35.5. The second kappa shape index (κ2) is 6.41. The fourth-order valence-electron chi connectivity index (χ4n) is 1.89. The van der Waals surface area contributed by atoms with Crippen molar-refractivity contribution in [2.24, 2.45) is 0 Å². The van der Waals surface area contributed by atoms with Crippen molar-refractivity contribution in [1.82, 2.24) is 4.98 Å². The number of aryl methyl sites for hydroxylation is 1. The van der Waals surface area contributed by atoms with Crippen LogP contribution in [-0.2, 0) is 10.0 Å². The molecule has 2 aromatic rings. The summed E-state index contributed by atoms with van der Waals surface area (Å²) in [5.41, 5.74) is 0.948. The number of benzene rings is 1. The van der Waals surface area contributed by atoms with Crippen molar-refractivity contribution in [2.75, 3.05) is 18.9 Å². The molecule has 0 bridgehead atoms. The lowest BCUT2D eigenvalue weighted by molar-refractivity contribution is 0.390. The smallest absolute Gasteiger partial charge is 0.265 e. The van der Waals surface area contributed by atoms with E-state index in [1.807, 2.05) is 0 Å². The summed E-state index contributed by atoms with van der Waals surface area (Å²) in [6, 6.07) is 6.10. The minimum atomic E-state index is -3.91. The number of methoxy groups -OCH3 is 2. The first-order valence-corrected chi connectivity index (χ1v) is 8.11. The molecule has 0 saturated heterocycles. The lowest BCUT2D eigenvalue weighted by Crippen LogP contribution is -2.15. The highest BCUT2D eigenvalue weighted by molar-refractivity contribution is 7.92. The summed E-state index contributed by atoms with van der Waals surface area (Å²) in [7, 11) is -1.04.